The Balaban J connectivity index is 1.78. The largest absolute Gasteiger partial charge is 0.497 e. The smallest absolute Gasteiger partial charge is 0.282 e. The molecule has 4 rings (SSSR count). The van der Waals surface area contributed by atoms with Crippen LogP contribution in [0, 0.1) is 0 Å². The number of likely N-dealkylation sites (N-methyl/N-ethyl adjacent to an activating group) is 1. The van der Waals surface area contributed by atoms with Crippen molar-refractivity contribution in [2.75, 3.05) is 51.8 Å². The summed E-state index contributed by atoms with van der Waals surface area (Å²) in [5.74, 6) is 0.335. The van der Waals surface area contributed by atoms with Gasteiger partial charge >= 0.3 is 0 Å². The molecular weight excluding hydrogens is 394 g/mol. The molecule has 2 aliphatic heterocycles. The monoisotopic (exact) mass is 421 g/mol. The first-order valence-corrected chi connectivity index (χ1v) is 10.5. The van der Waals surface area contributed by atoms with E-state index in [1.54, 1.807) is 25.3 Å². The third-order valence-corrected chi connectivity index (χ3v) is 5.89. The quantitative estimate of drug-likeness (QED) is 0.669. The minimum Gasteiger partial charge on any atom is -0.497 e. The van der Waals surface area contributed by atoms with E-state index in [2.05, 4.69) is 11.8 Å². The lowest BCUT2D eigenvalue weighted by Gasteiger charge is -2.36. The first kappa shape index (κ1) is 20.9. The number of imide groups is 1. The Morgan fingerprint density at radius 1 is 0.871 bits per heavy atom. The molecule has 1 saturated heterocycles. The average molecular weight is 421 g/mol. The predicted molar refractivity (Wildman–Crippen MR) is 119 cm³/mol. The summed E-state index contributed by atoms with van der Waals surface area (Å²) in [4.78, 5) is 32.9. The zero-order chi connectivity index (χ0) is 22.0. The van der Waals surface area contributed by atoms with Gasteiger partial charge in [0.15, 0.2) is 0 Å². The molecule has 0 bridgehead atoms. The lowest BCUT2D eigenvalue weighted by atomic mass is 10.0. The fourth-order valence-corrected chi connectivity index (χ4v) is 4.15. The third kappa shape index (κ3) is 3.77. The van der Waals surface area contributed by atoms with Crippen molar-refractivity contribution in [2.24, 2.45) is 0 Å². The second-order valence-electron chi connectivity index (χ2n) is 7.49. The first-order chi connectivity index (χ1) is 15.1. The van der Waals surface area contributed by atoms with E-state index in [0.717, 1.165) is 25.2 Å². The Kier molecular flexibility index (Phi) is 5.95. The van der Waals surface area contributed by atoms with E-state index in [4.69, 9.17) is 9.47 Å². The number of methoxy groups -OCH3 is 2. The van der Waals surface area contributed by atoms with Crippen LogP contribution in [0.15, 0.2) is 54.2 Å². The number of hydrogen-bond donors (Lipinski definition) is 0. The molecule has 0 spiro atoms. The zero-order valence-electron chi connectivity index (χ0n) is 18.1. The summed E-state index contributed by atoms with van der Waals surface area (Å²) in [7, 11) is 3.07. The van der Waals surface area contributed by atoms with Gasteiger partial charge in [0, 0.05) is 32.2 Å². The number of carbonyl (C=O) groups is 2. The number of piperazine rings is 1. The summed E-state index contributed by atoms with van der Waals surface area (Å²) in [5.41, 5.74) is 2.05. The van der Waals surface area contributed by atoms with Crippen LogP contribution in [0.25, 0.3) is 5.57 Å². The van der Waals surface area contributed by atoms with Gasteiger partial charge in [-0.3, -0.25) is 9.59 Å². The molecule has 0 aromatic heterocycles. The summed E-state index contributed by atoms with van der Waals surface area (Å²) in [6, 6.07) is 14.5. The molecule has 2 aromatic rings. The Bertz CT molecular complexity index is 1010. The summed E-state index contributed by atoms with van der Waals surface area (Å²) in [5, 5.41) is 0. The molecule has 2 aliphatic rings. The van der Waals surface area contributed by atoms with E-state index in [-0.39, 0.29) is 11.8 Å². The second kappa shape index (κ2) is 8.81. The maximum Gasteiger partial charge on any atom is 0.282 e. The molecule has 1 fully saturated rings. The van der Waals surface area contributed by atoms with Gasteiger partial charge in [-0.2, -0.15) is 0 Å². The van der Waals surface area contributed by atoms with Gasteiger partial charge in [-0.05, 0) is 24.2 Å². The number of rotatable bonds is 6. The van der Waals surface area contributed by atoms with Gasteiger partial charge in [-0.25, -0.2) is 4.90 Å². The molecule has 162 valence electrons. The average Bonchev–Trinajstić information content (AvgIpc) is 3.09. The summed E-state index contributed by atoms with van der Waals surface area (Å²) in [6.45, 7) is 6.22. The van der Waals surface area contributed by atoms with Crippen LogP contribution >= 0.6 is 0 Å². The van der Waals surface area contributed by atoms with Gasteiger partial charge in [0.1, 0.15) is 17.2 Å². The van der Waals surface area contributed by atoms with Crippen molar-refractivity contribution in [2.45, 2.75) is 6.92 Å². The molecule has 0 radical (unpaired) electrons. The van der Waals surface area contributed by atoms with Gasteiger partial charge in [-0.1, -0.05) is 37.3 Å². The van der Waals surface area contributed by atoms with Crippen LogP contribution in [0.5, 0.6) is 11.5 Å². The number of ether oxygens (including phenoxy) is 2. The Labute approximate surface area is 182 Å². The summed E-state index contributed by atoms with van der Waals surface area (Å²) < 4.78 is 10.7. The van der Waals surface area contributed by atoms with Crippen LogP contribution < -0.4 is 14.4 Å². The van der Waals surface area contributed by atoms with Crippen molar-refractivity contribution >= 4 is 23.1 Å². The molecule has 7 nitrogen and oxygen atoms in total. The number of benzene rings is 2. The summed E-state index contributed by atoms with van der Waals surface area (Å²) in [6.07, 6.45) is 0. The standard InChI is InChI=1S/C24H27N3O4/c1-4-25-12-14-26(15-13-25)22-21(17-8-6-5-7-9-17)23(28)27(24(22)29)19-11-10-18(30-2)16-20(19)31-3/h5-11,16H,4,12-15H2,1-3H3. The molecule has 2 aromatic carbocycles. The number of amides is 2. The topological polar surface area (TPSA) is 62.3 Å². The Hall–Kier alpha value is -3.32. The van der Waals surface area contributed by atoms with Gasteiger partial charge in [-0.15, -0.1) is 0 Å². The highest BCUT2D eigenvalue weighted by Gasteiger charge is 2.44. The second-order valence-corrected chi connectivity index (χ2v) is 7.49. The third-order valence-electron chi connectivity index (χ3n) is 5.89. The highest BCUT2D eigenvalue weighted by atomic mass is 16.5. The fraction of sp³-hybridized carbons (Fsp3) is 0.333. The molecule has 31 heavy (non-hydrogen) atoms. The predicted octanol–water partition coefficient (Wildman–Crippen LogP) is 2.63. The number of nitrogens with zero attached hydrogens (tertiary/aromatic N) is 3. The minimum absolute atomic E-state index is 0.322. The van der Waals surface area contributed by atoms with Crippen molar-refractivity contribution in [1.29, 1.82) is 0 Å². The zero-order valence-corrected chi connectivity index (χ0v) is 18.1. The van der Waals surface area contributed by atoms with Crippen molar-refractivity contribution < 1.29 is 19.1 Å². The van der Waals surface area contributed by atoms with E-state index in [1.165, 1.54) is 12.0 Å². The van der Waals surface area contributed by atoms with Crippen LogP contribution in [-0.4, -0.2) is 68.6 Å². The van der Waals surface area contributed by atoms with Gasteiger partial charge in [0.25, 0.3) is 11.8 Å². The normalized spacial score (nSPS) is 17.5. The molecule has 0 saturated carbocycles. The molecular formula is C24H27N3O4. The van der Waals surface area contributed by atoms with E-state index < -0.39 is 0 Å². The molecule has 0 N–H and O–H groups in total. The Morgan fingerprint density at radius 2 is 1.58 bits per heavy atom. The van der Waals surface area contributed by atoms with Crippen LogP contribution in [0.3, 0.4) is 0 Å². The maximum atomic E-state index is 13.7. The van der Waals surface area contributed by atoms with Gasteiger partial charge in [0.05, 0.1) is 25.5 Å². The number of carbonyl (C=O) groups excluding carboxylic acids is 2. The van der Waals surface area contributed by atoms with Crippen molar-refractivity contribution in [3.05, 3.63) is 59.8 Å². The molecule has 0 atom stereocenters. The van der Waals surface area contributed by atoms with E-state index in [9.17, 15) is 9.59 Å². The highest BCUT2D eigenvalue weighted by Crippen LogP contribution is 2.40. The lowest BCUT2D eigenvalue weighted by molar-refractivity contribution is -0.120. The van der Waals surface area contributed by atoms with Crippen molar-refractivity contribution in [3.63, 3.8) is 0 Å². The first-order valence-electron chi connectivity index (χ1n) is 10.5. The maximum absolute atomic E-state index is 13.7. The van der Waals surface area contributed by atoms with E-state index >= 15 is 0 Å². The highest BCUT2D eigenvalue weighted by molar-refractivity contribution is 6.45. The summed E-state index contributed by atoms with van der Waals surface area (Å²) >= 11 is 0. The van der Waals surface area contributed by atoms with E-state index in [1.807, 2.05) is 35.2 Å². The van der Waals surface area contributed by atoms with Crippen LogP contribution in [-0.2, 0) is 9.59 Å². The lowest BCUT2D eigenvalue weighted by Crippen LogP contribution is -2.47. The molecule has 0 aliphatic carbocycles. The SMILES string of the molecule is CCN1CCN(C2=C(c3ccccc3)C(=O)N(c3ccc(OC)cc3OC)C2=O)CC1. The van der Waals surface area contributed by atoms with Gasteiger partial charge < -0.3 is 19.3 Å². The van der Waals surface area contributed by atoms with Crippen LogP contribution in [0.2, 0.25) is 0 Å². The van der Waals surface area contributed by atoms with Crippen molar-refractivity contribution in [3.8, 4) is 11.5 Å². The Morgan fingerprint density at radius 3 is 2.19 bits per heavy atom. The van der Waals surface area contributed by atoms with Gasteiger partial charge in [0.2, 0.25) is 0 Å². The number of anilines is 1. The fourth-order valence-electron chi connectivity index (χ4n) is 4.15. The molecule has 2 heterocycles. The van der Waals surface area contributed by atoms with Crippen molar-refractivity contribution in [1.82, 2.24) is 9.80 Å². The molecule has 7 heteroatoms. The van der Waals surface area contributed by atoms with Crippen LogP contribution in [0.4, 0.5) is 5.69 Å². The minimum atomic E-state index is -0.340. The van der Waals surface area contributed by atoms with Crippen LogP contribution in [0.1, 0.15) is 12.5 Å². The molecule has 2 amide bonds. The van der Waals surface area contributed by atoms with E-state index in [0.29, 0.717) is 41.5 Å². The number of hydrogen-bond acceptors (Lipinski definition) is 6. The molecule has 0 unspecified atom stereocenters.